The first-order valence-corrected chi connectivity index (χ1v) is 3.56. The van der Waals surface area contributed by atoms with Gasteiger partial charge in [0.2, 0.25) is 4.45 Å². The molecule has 0 amide bonds. The lowest BCUT2D eigenvalue weighted by atomic mass is 10.7. The Hall–Kier alpha value is -0.420. The number of carbonyl (C=O) groups excluding carboxylic acids is 2. The van der Waals surface area contributed by atoms with Crippen LogP contribution in [0.25, 0.3) is 0 Å². The van der Waals surface area contributed by atoms with Crippen LogP contribution in [0, 0.1) is 0 Å². The van der Waals surface area contributed by atoms with Gasteiger partial charge in [-0.1, -0.05) is 37.9 Å². The number of rotatable bonds is 2. The zero-order chi connectivity index (χ0) is 9.28. The van der Waals surface area contributed by atoms with E-state index in [0.717, 1.165) is 0 Å². The van der Waals surface area contributed by atoms with Gasteiger partial charge in [-0.3, -0.25) is 9.59 Å². The van der Waals surface area contributed by atoms with Crippen molar-refractivity contribution in [3.63, 3.8) is 0 Å². The van der Waals surface area contributed by atoms with Crippen molar-refractivity contribution in [2.75, 3.05) is 6.61 Å². The average molecular weight is 194 g/mol. The lowest BCUT2D eigenvalue weighted by Gasteiger charge is -1.90. The van der Waals surface area contributed by atoms with Gasteiger partial charge in [0, 0.05) is 6.92 Å². The molecular formula is C6H10O3S2. The summed E-state index contributed by atoms with van der Waals surface area (Å²) >= 11 is 6.38. The Balaban J connectivity index is 0. The highest BCUT2D eigenvalue weighted by Crippen LogP contribution is 1.82. The average Bonchev–Trinajstić information content (AvgIpc) is 1.82. The summed E-state index contributed by atoms with van der Waals surface area (Å²) < 4.78 is 3.99. The molecule has 0 aromatic heterocycles. The summed E-state index contributed by atoms with van der Waals surface area (Å²) in [5.74, 6) is -0.264. The maximum Gasteiger partial charge on any atom is 0.302 e. The highest BCUT2D eigenvalue weighted by Gasteiger charge is 1.83. The number of ether oxygens (including phenoxy) is 1. The predicted molar refractivity (Wildman–Crippen MR) is 50.2 cm³/mol. The van der Waals surface area contributed by atoms with E-state index in [4.69, 9.17) is 0 Å². The van der Waals surface area contributed by atoms with Crippen LogP contribution in [0.5, 0.6) is 0 Å². The zero-order valence-corrected chi connectivity index (χ0v) is 7.90. The Morgan fingerprint density at radius 1 is 1.55 bits per heavy atom. The summed E-state index contributed by atoms with van der Waals surface area (Å²) in [6, 6.07) is 0. The van der Waals surface area contributed by atoms with Crippen LogP contribution in [-0.4, -0.2) is 17.0 Å². The van der Waals surface area contributed by atoms with E-state index in [-0.39, 0.29) is 5.97 Å². The van der Waals surface area contributed by atoms with E-state index in [2.05, 4.69) is 36.6 Å². The molecule has 0 bridgehead atoms. The van der Waals surface area contributed by atoms with Gasteiger partial charge >= 0.3 is 5.97 Å². The molecule has 11 heavy (non-hydrogen) atoms. The van der Waals surface area contributed by atoms with Gasteiger partial charge in [0.05, 0.1) is 0 Å². The van der Waals surface area contributed by atoms with Gasteiger partial charge in [-0.05, 0) is 0 Å². The molecule has 0 aliphatic rings. The largest absolute Gasteiger partial charge is 0.462 e. The Labute approximate surface area is 76.6 Å². The molecule has 64 valence electrons. The molecular weight excluding hydrogens is 184 g/mol. The fraction of sp³-hybridized carbons (Fsp3) is 0.333. The summed E-state index contributed by atoms with van der Waals surface area (Å²) in [6.45, 7) is 5.03. The molecule has 0 saturated carbocycles. The normalized spacial score (nSPS) is 7.18. The van der Waals surface area contributed by atoms with Gasteiger partial charge < -0.3 is 4.74 Å². The van der Waals surface area contributed by atoms with E-state index in [1.165, 1.54) is 13.0 Å². The standard InChI is InChI=1S/C5H8O2.CH2OS2/c1-3-4-7-5(2)6;2-1(3)4/h3H,1,4H2,2H3;(H2,2,3,4). The second-order valence-electron chi connectivity index (χ2n) is 1.37. The molecule has 0 rings (SSSR count). The molecule has 0 aliphatic heterocycles. The molecule has 0 saturated heterocycles. The van der Waals surface area contributed by atoms with Gasteiger partial charge in [-0.25, -0.2) is 0 Å². The molecule has 0 atom stereocenters. The highest BCUT2D eigenvalue weighted by atomic mass is 32.2. The molecule has 0 unspecified atom stereocenters. The van der Waals surface area contributed by atoms with Gasteiger partial charge in [-0.2, -0.15) is 0 Å². The molecule has 0 aromatic carbocycles. The van der Waals surface area contributed by atoms with Crippen molar-refractivity contribution in [3.05, 3.63) is 12.7 Å². The van der Waals surface area contributed by atoms with Crippen molar-refractivity contribution in [1.29, 1.82) is 0 Å². The lowest BCUT2D eigenvalue weighted by Crippen LogP contribution is -1.96. The first-order valence-electron chi connectivity index (χ1n) is 2.66. The lowest BCUT2D eigenvalue weighted by molar-refractivity contribution is -0.139. The van der Waals surface area contributed by atoms with Crippen molar-refractivity contribution in [2.45, 2.75) is 6.92 Å². The molecule has 3 nitrogen and oxygen atoms in total. The minimum Gasteiger partial charge on any atom is -0.462 e. The summed E-state index contributed by atoms with van der Waals surface area (Å²) in [7, 11) is 0. The van der Waals surface area contributed by atoms with E-state index in [9.17, 15) is 9.59 Å². The Kier molecular flexibility index (Phi) is 11.5. The summed E-state index contributed by atoms with van der Waals surface area (Å²) in [6.07, 6.45) is 1.53. The molecule has 5 heteroatoms. The fourth-order valence-corrected chi connectivity index (χ4v) is 0.176. The maximum absolute atomic E-state index is 9.93. The van der Waals surface area contributed by atoms with Gasteiger partial charge in [0.25, 0.3) is 0 Å². The van der Waals surface area contributed by atoms with Crippen LogP contribution in [-0.2, 0) is 9.53 Å². The summed E-state index contributed by atoms with van der Waals surface area (Å²) in [5.41, 5.74) is 0. The van der Waals surface area contributed by atoms with Crippen molar-refractivity contribution in [2.24, 2.45) is 0 Å². The van der Waals surface area contributed by atoms with Crippen LogP contribution in [0.15, 0.2) is 12.7 Å². The minimum atomic E-state index is -0.444. The van der Waals surface area contributed by atoms with E-state index >= 15 is 0 Å². The Bertz CT molecular complexity index is 141. The number of carbonyl (C=O) groups is 2. The third-order valence-corrected chi connectivity index (χ3v) is 0.404. The van der Waals surface area contributed by atoms with Gasteiger partial charge in [-0.15, -0.1) is 0 Å². The molecule has 0 fully saturated rings. The quantitative estimate of drug-likeness (QED) is 0.399. The monoisotopic (exact) mass is 194 g/mol. The first-order chi connectivity index (χ1) is 5.00. The molecule has 0 radical (unpaired) electrons. The number of hydrogen-bond donors (Lipinski definition) is 2. The molecule has 0 aromatic rings. The van der Waals surface area contributed by atoms with E-state index in [1.807, 2.05) is 0 Å². The van der Waals surface area contributed by atoms with Crippen LogP contribution >= 0.6 is 25.3 Å². The van der Waals surface area contributed by atoms with Crippen LogP contribution in [0.4, 0.5) is 4.79 Å². The van der Waals surface area contributed by atoms with Crippen molar-refractivity contribution in [1.82, 2.24) is 0 Å². The van der Waals surface area contributed by atoms with Crippen LogP contribution in [0.1, 0.15) is 6.92 Å². The number of hydrogen-bond acceptors (Lipinski definition) is 3. The third kappa shape index (κ3) is 42.9. The maximum atomic E-state index is 9.93. The smallest absolute Gasteiger partial charge is 0.302 e. The minimum absolute atomic E-state index is 0.264. The Morgan fingerprint density at radius 3 is 2.00 bits per heavy atom. The third-order valence-electron chi connectivity index (χ3n) is 0.404. The van der Waals surface area contributed by atoms with Gasteiger partial charge in [0.15, 0.2) is 0 Å². The zero-order valence-electron chi connectivity index (χ0n) is 6.11. The van der Waals surface area contributed by atoms with E-state index in [0.29, 0.717) is 6.61 Å². The molecule has 0 heterocycles. The number of thiol groups is 2. The first kappa shape index (κ1) is 13.2. The van der Waals surface area contributed by atoms with Crippen molar-refractivity contribution >= 4 is 35.7 Å². The fourth-order valence-electron chi connectivity index (χ4n) is 0.176. The Morgan fingerprint density at radius 2 is 1.91 bits per heavy atom. The topological polar surface area (TPSA) is 43.4 Å². The molecule has 0 N–H and O–H groups in total. The van der Waals surface area contributed by atoms with E-state index < -0.39 is 4.45 Å². The predicted octanol–water partition coefficient (Wildman–Crippen LogP) is 1.70. The van der Waals surface area contributed by atoms with Crippen LogP contribution in [0.3, 0.4) is 0 Å². The highest BCUT2D eigenvalue weighted by molar-refractivity contribution is 8.23. The number of esters is 1. The molecule has 0 aliphatic carbocycles. The second-order valence-corrected chi connectivity index (χ2v) is 2.54. The van der Waals surface area contributed by atoms with Crippen molar-refractivity contribution in [3.8, 4) is 0 Å². The SMILES string of the molecule is C=CCOC(C)=O.O=C(S)S. The summed E-state index contributed by atoms with van der Waals surface area (Å²) in [5, 5.41) is 0. The van der Waals surface area contributed by atoms with Gasteiger partial charge in [0.1, 0.15) is 6.61 Å². The van der Waals surface area contributed by atoms with Crippen LogP contribution < -0.4 is 0 Å². The second kappa shape index (κ2) is 9.58. The van der Waals surface area contributed by atoms with Crippen molar-refractivity contribution < 1.29 is 14.3 Å². The molecule has 0 spiro atoms. The van der Waals surface area contributed by atoms with Crippen LogP contribution in [0.2, 0.25) is 0 Å². The summed E-state index contributed by atoms with van der Waals surface area (Å²) in [4.78, 5) is 19.1. The van der Waals surface area contributed by atoms with E-state index in [1.54, 1.807) is 0 Å².